The van der Waals surface area contributed by atoms with Gasteiger partial charge in [0.15, 0.2) is 5.82 Å². The van der Waals surface area contributed by atoms with Gasteiger partial charge >= 0.3 is 0 Å². The summed E-state index contributed by atoms with van der Waals surface area (Å²) in [7, 11) is 0. The van der Waals surface area contributed by atoms with Crippen molar-refractivity contribution in [2.24, 2.45) is 0 Å². The second-order valence-electron chi connectivity index (χ2n) is 5.13. The molecule has 0 aliphatic heterocycles. The van der Waals surface area contributed by atoms with Gasteiger partial charge in [0.05, 0.1) is 0 Å². The number of aryl methyl sites for hydroxylation is 1. The highest BCUT2D eigenvalue weighted by molar-refractivity contribution is 5.68. The molecule has 0 unspecified atom stereocenters. The molecule has 2 nitrogen and oxygen atoms in total. The van der Waals surface area contributed by atoms with E-state index in [0.29, 0.717) is 0 Å². The predicted octanol–water partition coefficient (Wildman–Crippen LogP) is 4.10. The molecule has 0 aliphatic rings. The number of nitrogens with zero attached hydrogens (tertiary/aromatic N) is 2. The number of benzene rings is 2. The van der Waals surface area contributed by atoms with Crippen molar-refractivity contribution in [1.82, 2.24) is 9.97 Å². The van der Waals surface area contributed by atoms with Gasteiger partial charge in [-0.3, -0.25) is 0 Å². The fourth-order valence-electron chi connectivity index (χ4n) is 2.21. The first-order valence-corrected chi connectivity index (χ1v) is 7.22. The molecule has 0 bridgehead atoms. The van der Waals surface area contributed by atoms with Crippen LogP contribution >= 0.6 is 0 Å². The smallest absolute Gasteiger partial charge is 0.159 e. The van der Waals surface area contributed by atoms with Crippen molar-refractivity contribution in [2.75, 3.05) is 0 Å². The van der Waals surface area contributed by atoms with Gasteiger partial charge in [0.2, 0.25) is 0 Å². The summed E-state index contributed by atoms with van der Waals surface area (Å²) in [6.07, 6.45) is 8.79. The van der Waals surface area contributed by atoms with Gasteiger partial charge in [-0.2, -0.15) is 0 Å². The van der Waals surface area contributed by atoms with E-state index in [-0.39, 0.29) is 0 Å². The van der Waals surface area contributed by atoms with Gasteiger partial charge in [0.25, 0.3) is 0 Å². The Labute approximate surface area is 136 Å². The third-order valence-electron chi connectivity index (χ3n) is 3.42. The van der Waals surface area contributed by atoms with Crippen molar-refractivity contribution in [3.8, 4) is 46.7 Å². The average molecular weight is 294 g/mol. The minimum Gasteiger partial charge on any atom is -0.236 e. The second kappa shape index (κ2) is 6.60. The van der Waals surface area contributed by atoms with Crippen LogP contribution in [-0.4, -0.2) is 9.97 Å². The lowest BCUT2D eigenvalue weighted by Gasteiger charge is -2.04. The fraction of sp³-hybridized carbons (Fsp3) is 0.0476. The topological polar surface area (TPSA) is 25.8 Å². The van der Waals surface area contributed by atoms with E-state index in [9.17, 15) is 0 Å². The zero-order valence-corrected chi connectivity index (χ0v) is 12.7. The van der Waals surface area contributed by atoms with Crippen LogP contribution < -0.4 is 0 Å². The minimum atomic E-state index is 0.738. The summed E-state index contributed by atoms with van der Waals surface area (Å²) in [6.45, 7) is 1.98. The van der Waals surface area contributed by atoms with E-state index < -0.39 is 0 Å². The first kappa shape index (κ1) is 14.6. The largest absolute Gasteiger partial charge is 0.236 e. The maximum absolute atomic E-state index is 5.13. The molecule has 3 aromatic rings. The summed E-state index contributed by atoms with van der Waals surface area (Å²) in [4.78, 5) is 8.70. The summed E-state index contributed by atoms with van der Waals surface area (Å²) >= 11 is 0. The SMILES string of the molecule is C#CC#Cc1ccc(-c2ccc(-c3ncc(C)cn3)cc2)cc1. The molecule has 0 saturated heterocycles. The number of hydrogen-bond acceptors (Lipinski definition) is 2. The van der Waals surface area contributed by atoms with Crippen molar-refractivity contribution in [2.45, 2.75) is 6.92 Å². The highest BCUT2D eigenvalue weighted by Gasteiger charge is 2.02. The molecule has 2 heteroatoms. The second-order valence-corrected chi connectivity index (χ2v) is 5.13. The van der Waals surface area contributed by atoms with E-state index in [0.717, 1.165) is 33.6 Å². The van der Waals surface area contributed by atoms with Crippen LogP contribution in [0.5, 0.6) is 0 Å². The number of hydrogen-bond donors (Lipinski definition) is 0. The molecule has 1 aromatic heterocycles. The average Bonchev–Trinajstić information content (AvgIpc) is 2.61. The van der Waals surface area contributed by atoms with Crippen LogP contribution in [0.25, 0.3) is 22.5 Å². The van der Waals surface area contributed by atoms with Gasteiger partial charge in [-0.15, -0.1) is 6.42 Å². The van der Waals surface area contributed by atoms with E-state index >= 15 is 0 Å². The van der Waals surface area contributed by atoms with Crippen LogP contribution in [0, 0.1) is 31.1 Å². The Balaban J connectivity index is 1.84. The molecule has 23 heavy (non-hydrogen) atoms. The minimum absolute atomic E-state index is 0.738. The third kappa shape index (κ3) is 3.46. The van der Waals surface area contributed by atoms with Crippen molar-refractivity contribution < 1.29 is 0 Å². The monoisotopic (exact) mass is 294 g/mol. The Morgan fingerprint density at radius 1 is 0.783 bits per heavy atom. The molecule has 0 atom stereocenters. The van der Waals surface area contributed by atoms with Gasteiger partial charge in [0.1, 0.15) is 0 Å². The first-order valence-electron chi connectivity index (χ1n) is 7.22. The molecule has 0 fully saturated rings. The van der Waals surface area contributed by atoms with Crippen LogP contribution in [0.3, 0.4) is 0 Å². The standard InChI is InChI=1S/C21H14N2/c1-3-4-5-17-6-8-18(9-7-17)19-10-12-20(13-11-19)21-22-14-16(2)15-23-21/h1,6-15H,2H3. The summed E-state index contributed by atoms with van der Waals surface area (Å²) in [5, 5.41) is 0. The maximum atomic E-state index is 5.13. The molecule has 108 valence electrons. The third-order valence-corrected chi connectivity index (χ3v) is 3.42. The zero-order valence-electron chi connectivity index (χ0n) is 12.7. The summed E-state index contributed by atoms with van der Waals surface area (Å²) in [5.74, 6) is 8.58. The Bertz CT molecular complexity index is 901. The zero-order chi connectivity index (χ0) is 16.1. The Morgan fingerprint density at radius 2 is 1.30 bits per heavy atom. The van der Waals surface area contributed by atoms with E-state index in [1.807, 2.05) is 55.7 Å². The molecule has 0 amide bonds. The van der Waals surface area contributed by atoms with Gasteiger partial charge in [-0.1, -0.05) is 42.3 Å². The van der Waals surface area contributed by atoms with Crippen molar-refractivity contribution in [1.29, 1.82) is 0 Å². The first-order chi connectivity index (χ1) is 11.3. The van der Waals surface area contributed by atoms with Crippen LogP contribution in [0.15, 0.2) is 60.9 Å². The molecule has 0 N–H and O–H groups in total. The lowest BCUT2D eigenvalue weighted by Crippen LogP contribution is -1.89. The van der Waals surface area contributed by atoms with Crippen LogP contribution in [0.4, 0.5) is 0 Å². The van der Waals surface area contributed by atoms with Crippen LogP contribution in [-0.2, 0) is 0 Å². The lowest BCUT2D eigenvalue weighted by molar-refractivity contribution is 1.14. The van der Waals surface area contributed by atoms with Crippen molar-refractivity contribution in [3.05, 3.63) is 72.1 Å². The molecule has 0 aliphatic carbocycles. The normalized spacial score (nSPS) is 9.57. The number of terminal acetylenes is 1. The molecular formula is C21H14N2. The van der Waals surface area contributed by atoms with E-state index in [2.05, 4.69) is 39.9 Å². The molecule has 1 heterocycles. The summed E-state index contributed by atoms with van der Waals surface area (Å²) in [5.41, 5.74) is 5.24. The van der Waals surface area contributed by atoms with E-state index in [1.165, 1.54) is 0 Å². The molecule has 2 aromatic carbocycles. The van der Waals surface area contributed by atoms with E-state index in [1.54, 1.807) is 0 Å². The maximum Gasteiger partial charge on any atom is 0.159 e. The van der Waals surface area contributed by atoms with Crippen LogP contribution in [0.2, 0.25) is 0 Å². The Morgan fingerprint density at radius 3 is 1.87 bits per heavy atom. The van der Waals surface area contributed by atoms with E-state index in [4.69, 9.17) is 6.42 Å². The molecule has 0 spiro atoms. The Hall–Kier alpha value is -3.36. The van der Waals surface area contributed by atoms with Gasteiger partial charge in [-0.05, 0) is 47.6 Å². The van der Waals surface area contributed by atoms with Crippen LogP contribution in [0.1, 0.15) is 11.1 Å². The van der Waals surface area contributed by atoms with Crippen molar-refractivity contribution >= 4 is 0 Å². The summed E-state index contributed by atoms with van der Waals surface area (Å²) < 4.78 is 0. The van der Waals surface area contributed by atoms with Crippen molar-refractivity contribution in [3.63, 3.8) is 0 Å². The molecular weight excluding hydrogens is 280 g/mol. The van der Waals surface area contributed by atoms with Gasteiger partial charge in [0, 0.05) is 23.5 Å². The Kier molecular flexibility index (Phi) is 4.18. The lowest BCUT2D eigenvalue weighted by atomic mass is 10.0. The summed E-state index contributed by atoms with van der Waals surface area (Å²) in [6, 6.07) is 16.2. The quantitative estimate of drug-likeness (QED) is 0.665. The number of rotatable bonds is 2. The van der Waals surface area contributed by atoms with Gasteiger partial charge < -0.3 is 0 Å². The number of aromatic nitrogens is 2. The highest BCUT2D eigenvalue weighted by atomic mass is 14.9. The fourth-order valence-corrected chi connectivity index (χ4v) is 2.21. The molecule has 0 radical (unpaired) electrons. The molecule has 0 saturated carbocycles. The molecule has 3 rings (SSSR count). The predicted molar refractivity (Wildman–Crippen MR) is 93.4 cm³/mol. The van der Waals surface area contributed by atoms with Gasteiger partial charge in [-0.25, -0.2) is 9.97 Å². The highest BCUT2D eigenvalue weighted by Crippen LogP contribution is 2.23.